The van der Waals surface area contributed by atoms with Gasteiger partial charge < -0.3 is 14.7 Å². The van der Waals surface area contributed by atoms with Gasteiger partial charge in [0.05, 0.1) is 38.3 Å². The van der Waals surface area contributed by atoms with Crippen molar-refractivity contribution in [2.75, 3.05) is 31.3 Å². The molecule has 1 unspecified atom stereocenters. The van der Waals surface area contributed by atoms with E-state index in [1.54, 1.807) is 16.9 Å². The molecule has 1 aliphatic heterocycles. The summed E-state index contributed by atoms with van der Waals surface area (Å²) < 4.78 is 6.95. The highest BCUT2D eigenvalue weighted by atomic mass is 16.5. The monoisotopic (exact) mass is 236 g/mol. The Morgan fingerprint density at radius 1 is 1.47 bits per heavy atom. The summed E-state index contributed by atoms with van der Waals surface area (Å²) >= 11 is 0. The second-order valence-corrected chi connectivity index (χ2v) is 3.82. The maximum Gasteiger partial charge on any atom is 0.199 e. The summed E-state index contributed by atoms with van der Waals surface area (Å²) in [6, 6.07) is -0.0830. The predicted molar refractivity (Wildman–Crippen MR) is 57.6 cm³/mol. The van der Waals surface area contributed by atoms with Crippen molar-refractivity contribution in [2.24, 2.45) is 0 Å². The average molecular weight is 236 g/mol. The van der Waals surface area contributed by atoms with Crippen LogP contribution in [0.15, 0.2) is 12.4 Å². The molecular weight excluding hydrogens is 224 g/mol. The molecule has 2 aromatic heterocycles. The molecule has 8 heteroatoms. The standard InChI is InChI=1S/C9H12N6O2/c16-5-7-6-17-2-1-14(7)9-4-10-3-8-11-12-13-15(8)9/h3-4,7,16H,1-2,5-6H2. The Kier molecular flexibility index (Phi) is 2.57. The van der Waals surface area contributed by atoms with Crippen LogP contribution in [0.5, 0.6) is 0 Å². The van der Waals surface area contributed by atoms with Crippen molar-refractivity contribution in [1.29, 1.82) is 0 Å². The Balaban J connectivity index is 2.04. The third-order valence-corrected chi connectivity index (χ3v) is 2.82. The van der Waals surface area contributed by atoms with Gasteiger partial charge in [-0.05, 0) is 10.4 Å². The molecule has 1 atom stereocenters. The molecule has 0 radical (unpaired) electrons. The highest BCUT2D eigenvalue weighted by molar-refractivity contribution is 5.47. The van der Waals surface area contributed by atoms with Crippen LogP contribution in [0.25, 0.3) is 5.65 Å². The summed E-state index contributed by atoms with van der Waals surface area (Å²) in [5.41, 5.74) is 0.589. The topological polar surface area (TPSA) is 88.7 Å². The first-order valence-corrected chi connectivity index (χ1v) is 5.37. The van der Waals surface area contributed by atoms with E-state index in [0.29, 0.717) is 25.4 Å². The van der Waals surface area contributed by atoms with Crippen molar-refractivity contribution in [3.05, 3.63) is 12.4 Å². The number of rotatable bonds is 2. The number of morpholine rings is 1. The summed E-state index contributed by atoms with van der Waals surface area (Å²) in [7, 11) is 0. The first-order chi connectivity index (χ1) is 8.40. The van der Waals surface area contributed by atoms with Gasteiger partial charge in [-0.25, -0.2) is 0 Å². The fraction of sp³-hybridized carbons (Fsp3) is 0.556. The van der Waals surface area contributed by atoms with Crippen LogP contribution in [0.4, 0.5) is 5.82 Å². The van der Waals surface area contributed by atoms with Crippen molar-refractivity contribution in [1.82, 2.24) is 25.0 Å². The number of anilines is 1. The lowest BCUT2D eigenvalue weighted by molar-refractivity contribution is 0.0720. The van der Waals surface area contributed by atoms with E-state index in [1.807, 2.05) is 4.90 Å². The lowest BCUT2D eigenvalue weighted by atomic mass is 10.2. The molecule has 0 aromatic carbocycles. The molecule has 1 saturated heterocycles. The molecular formula is C9H12N6O2. The Bertz CT molecular complexity index is 515. The van der Waals surface area contributed by atoms with Gasteiger partial charge in [-0.3, -0.25) is 4.98 Å². The van der Waals surface area contributed by atoms with Gasteiger partial charge >= 0.3 is 0 Å². The Labute approximate surface area is 96.8 Å². The first-order valence-electron chi connectivity index (χ1n) is 5.37. The third-order valence-electron chi connectivity index (χ3n) is 2.82. The Hall–Kier alpha value is -1.80. The minimum Gasteiger partial charge on any atom is -0.394 e. The number of nitrogens with zero attached hydrogens (tertiary/aromatic N) is 6. The highest BCUT2D eigenvalue weighted by Crippen LogP contribution is 2.18. The lowest BCUT2D eigenvalue weighted by Gasteiger charge is -2.35. The number of tetrazole rings is 1. The van der Waals surface area contributed by atoms with Crippen LogP contribution >= 0.6 is 0 Å². The predicted octanol–water partition coefficient (Wildman–Crippen LogP) is -1.28. The molecule has 1 N–H and O–H groups in total. The Morgan fingerprint density at radius 2 is 2.41 bits per heavy atom. The van der Waals surface area contributed by atoms with Crippen molar-refractivity contribution in [3.63, 3.8) is 0 Å². The maximum absolute atomic E-state index is 9.34. The van der Waals surface area contributed by atoms with E-state index in [0.717, 1.165) is 5.82 Å². The summed E-state index contributed by atoms with van der Waals surface area (Å²) in [6.45, 7) is 1.83. The van der Waals surface area contributed by atoms with Crippen LogP contribution in [0.1, 0.15) is 0 Å². The van der Waals surface area contributed by atoms with Gasteiger partial charge in [-0.15, -0.1) is 5.10 Å². The largest absolute Gasteiger partial charge is 0.394 e. The number of ether oxygens (including phenoxy) is 1. The number of aromatic nitrogens is 5. The van der Waals surface area contributed by atoms with Crippen LogP contribution in [0, 0.1) is 0 Å². The van der Waals surface area contributed by atoms with Crippen LogP contribution in [-0.4, -0.2) is 62.5 Å². The summed E-state index contributed by atoms with van der Waals surface area (Å²) in [4.78, 5) is 6.12. The second-order valence-electron chi connectivity index (χ2n) is 3.82. The highest BCUT2D eigenvalue weighted by Gasteiger charge is 2.25. The third kappa shape index (κ3) is 1.71. The molecule has 1 aliphatic rings. The van der Waals surface area contributed by atoms with Crippen LogP contribution in [0.3, 0.4) is 0 Å². The molecule has 0 saturated carbocycles. The summed E-state index contributed by atoms with van der Waals surface area (Å²) in [5.74, 6) is 0.773. The molecule has 0 amide bonds. The van der Waals surface area contributed by atoms with Crippen molar-refractivity contribution in [2.45, 2.75) is 6.04 Å². The SMILES string of the molecule is OCC1COCCN1c1cncc2nnnn12. The van der Waals surface area contributed by atoms with E-state index in [4.69, 9.17) is 4.74 Å². The molecule has 8 nitrogen and oxygen atoms in total. The van der Waals surface area contributed by atoms with Crippen molar-refractivity contribution >= 4 is 11.5 Å². The molecule has 1 fully saturated rings. The van der Waals surface area contributed by atoms with Gasteiger partial charge in [0.2, 0.25) is 0 Å². The lowest BCUT2D eigenvalue weighted by Crippen LogP contribution is -2.48. The van der Waals surface area contributed by atoms with Gasteiger partial charge in [0.25, 0.3) is 0 Å². The maximum atomic E-state index is 9.34. The van der Waals surface area contributed by atoms with Crippen LogP contribution in [0.2, 0.25) is 0 Å². The van der Waals surface area contributed by atoms with E-state index in [-0.39, 0.29) is 12.6 Å². The molecule has 0 aliphatic carbocycles. The van der Waals surface area contributed by atoms with E-state index < -0.39 is 0 Å². The normalized spacial score (nSPS) is 21.0. The van der Waals surface area contributed by atoms with Crippen molar-refractivity contribution in [3.8, 4) is 0 Å². The first kappa shape index (κ1) is 10.4. The van der Waals surface area contributed by atoms with E-state index in [1.165, 1.54) is 0 Å². The zero-order valence-electron chi connectivity index (χ0n) is 9.10. The molecule has 17 heavy (non-hydrogen) atoms. The van der Waals surface area contributed by atoms with E-state index >= 15 is 0 Å². The van der Waals surface area contributed by atoms with Crippen LogP contribution in [-0.2, 0) is 4.74 Å². The smallest absolute Gasteiger partial charge is 0.199 e. The molecule has 3 heterocycles. The summed E-state index contributed by atoms with van der Waals surface area (Å²) in [5, 5.41) is 20.7. The minimum absolute atomic E-state index is 0.0263. The average Bonchev–Trinajstić information content (AvgIpc) is 2.86. The van der Waals surface area contributed by atoms with Gasteiger partial charge in [-0.2, -0.15) is 4.52 Å². The van der Waals surface area contributed by atoms with Gasteiger partial charge in [0.15, 0.2) is 11.5 Å². The van der Waals surface area contributed by atoms with Gasteiger partial charge in [-0.1, -0.05) is 0 Å². The zero-order valence-corrected chi connectivity index (χ0v) is 9.10. The number of aliphatic hydroxyl groups excluding tert-OH is 1. The summed E-state index contributed by atoms with van der Waals surface area (Å²) in [6.07, 6.45) is 3.29. The van der Waals surface area contributed by atoms with Crippen LogP contribution < -0.4 is 4.90 Å². The number of hydrogen-bond donors (Lipinski definition) is 1. The number of hydrogen-bond acceptors (Lipinski definition) is 7. The fourth-order valence-electron chi connectivity index (χ4n) is 1.97. The van der Waals surface area contributed by atoms with Gasteiger partial charge in [0, 0.05) is 6.54 Å². The molecule has 90 valence electrons. The fourth-order valence-corrected chi connectivity index (χ4v) is 1.97. The quantitative estimate of drug-likeness (QED) is 0.694. The van der Waals surface area contributed by atoms with Gasteiger partial charge in [0.1, 0.15) is 0 Å². The zero-order chi connectivity index (χ0) is 11.7. The number of fused-ring (bicyclic) bond motifs is 1. The molecule has 0 bridgehead atoms. The molecule has 3 rings (SSSR count). The molecule has 2 aromatic rings. The van der Waals surface area contributed by atoms with Crippen molar-refractivity contribution < 1.29 is 9.84 Å². The number of aliphatic hydroxyl groups is 1. The molecule has 0 spiro atoms. The Morgan fingerprint density at radius 3 is 3.29 bits per heavy atom. The second kappa shape index (κ2) is 4.22. The minimum atomic E-state index is -0.0830. The van der Waals surface area contributed by atoms with E-state index in [2.05, 4.69) is 20.5 Å². The van der Waals surface area contributed by atoms with E-state index in [9.17, 15) is 5.11 Å².